The van der Waals surface area contributed by atoms with Crippen molar-refractivity contribution in [2.75, 3.05) is 0 Å². The summed E-state index contributed by atoms with van der Waals surface area (Å²) in [5.41, 5.74) is 0.668. The van der Waals surface area contributed by atoms with Crippen molar-refractivity contribution in [3.05, 3.63) is 38.8 Å². The molecular formula is C21H24BrNO3S. The Balaban J connectivity index is 2.15. The first-order chi connectivity index (χ1) is 12.5. The Bertz CT molecular complexity index is 904. The van der Waals surface area contributed by atoms with E-state index in [0.29, 0.717) is 5.69 Å². The first-order valence-electron chi connectivity index (χ1n) is 9.03. The van der Waals surface area contributed by atoms with Crippen molar-refractivity contribution in [2.24, 2.45) is 0 Å². The van der Waals surface area contributed by atoms with Crippen LogP contribution in [0.1, 0.15) is 56.7 Å². The van der Waals surface area contributed by atoms with Gasteiger partial charge in [-0.2, -0.15) is 0 Å². The smallest absolute Gasteiger partial charge is 0.180 e. The summed E-state index contributed by atoms with van der Waals surface area (Å²) < 4.78 is 6.81. The molecule has 0 radical (unpaired) electrons. The van der Waals surface area contributed by atoms with Gasteiger partial charge in [-0.05, 0) is 58.7 Å². The highest BCUT2D eigenvalue weighted by molar-refractivity contribution is 9.10. The van der Waals surface area contributed by atoms with Crippen LogP contribution in [0.4, 0.5) is 0 Å². The average molecular weight is 450 g/mol. The zero-order valence-electron chi connectivity index (χ0n) is 16.5. The van der Waals surface area contributed by atoms with Gasteiger partial charge in [-0.15, -0.1) is 11.3 Å². The maximum Gasteiger partial charge on any atom is 0.180 e. The third-order valence-corrected chi connectivity index (χ3v) is 6.70. The van der Waals surface area contributed by atoms with Gasteiger partial charge < -0.3 is 4.74 Å². The number of hydrogen-bond donors (Lipinski definition) is 0. The summed E-state index contributed by atoms with van der Waals surface area (Å²) in [6.45, 7) is 11.0. The summed E-state index contributed by atoms with van der Waals surface area (Å²) in [6, 6.07) is 6.04. The number of benzene rings is 1. The summed E-state index contributed by atoms with van der Waals surface area (Å²) in [6.07, 6.45) is 0.724. The van der Waals surface area contributed by atoms with Crippen LogP contribution in [0, 0.1) is 6.92 Å². The highest BCUT2D eigenvalue weighted by Crippen LogP contribution is 2.42. The molecule has 0 bridgehead atoms. The van der Waals surface area contributed by atoms with Gasteiger partial charge >= 0.3 is 0 Å². The fraction of sp³-hybridized carbons (Fsp3) is 0.476. The zero-order valence-corrected chi connectivity index (χ0v) is 18.9. The second-order valence-electron chi connectivity index (χ2n) is 7.92. The number of hydrogen-bond acceptors (Lipinski definition) is 5. The molecule has 1 aliphatic rings. The van der Waals surface area contributed by atoms with Crippen LogP contribution < -0.4 is 0 Å². The Morgan fingerprint density at radius 1 is 1.15 bits per heavy atom. The second-order valence-corrected chi connectivity index (χ2v) is 9.92. The van der Waals surface area contributed by atoms with Gasteiger partial charge in [0.2, 0.25) is 0 Å². The molecule has 0 saturated carbocycles. The minimum Gasteiger partial charge on any atom is -0.354 e. The molecule has 1 aromatic heterocycles. The molecule has 1 aliphatic heterocycles. The fourth-order valence-electron chi connectivity index (χ4n) is 3.63. The highest BCUT2D eigenvalue weighted by atomic mass is 79.9. The van der Waals surface area contributed by atoms with Crippen LogP contribution in [0.2, 0.25) is 0 Å². The number of carbonyl (C=O) groups is 2. The lowest BCUT2D eigenvalue weighted by Crippen LogP contribution is -2.58. The first-order valence-corrected chi connectivity index (χ1v) is 10.6. The van der Waals surface area contributed by atoms with Gasteiger partial charge in [-0.25, -0.2) is 4.98 Å². The molecule has 3 rings (SSSR count). The highest BCUT2D eigenvalue weighted by Gasteiger charge is 2.54. The van der Waals surface area contributed by atoms with E-state index in [4.69, 9.17) is 9.72 Å². The van der Waals surface area contributed by atoms with Gasteiger partial charge in [0.15, 0.2) is 11.6 Å². The molecule has 6 heteroatoms. The van der Waals surface area contributed by atoms with Gasteiger partial charge in [-0.1, -0.05) is 28.9 Å². The number of ketones is 2. The fourth-order valence-corrected chi connectivity index (χ4v) is 5.23. The molecule has 27 heavy (non-hydrogen) atoms. The molecule has 1 fully saturated rings. The Labute approximate surface area is 172 Å². The number of Topliss-reactive ketones (excluding diaryl/α,β-unsaturated/α-hetero) is 2. The summed E-state index contributed by atoms with van der Waals surface area (Å²) in [5, 5.41) is 0.842. The predicted molar refractivity (Wildman–Crippen MR) is 111 cm³/mol. The maximum atomic E-state index is 13.1. The summed E-state index contributed by atoms with van der Waals surface area (Å²) in [5.74, 6) is -1.31. The van der Waals surface area contributed by atoms with Crippen LogP contribution >= 0.6 is 27.3 Å². The lowest BCUT2D eigenvalue weighted by molar-refractivity contribution is -0.184. The molecule has 0 atom stereocenters. The SMILES string of the molecule is CCc1sc(-c2ccc(Br)cc2C)nc1C1C(=O)C(C)(C)OC(C)(C)C1=O. The minimum atomic E-state index is -1.02. The van der Waals surface area contributed by atoms with Crippen molar-refractivity contribution in [3.8, 4) is 10.6 Å². The lowest BCUT2D eigenvalue weighted by atomic mass is 9.76. The van der Waals surface area contributed by atoms with Gasteiger partial charge in [0.25, 0.3) is 0 Å². The first kappa shape index (κ1) is 20.4. The molecule has 2 aromatic rings. The van der Waals surface area contributed by atoms with Crippen molar-refractivity contribution in [2.45, 2.75) is 65.1 Å². The Morgan fingerprint density at radius 2 is 1.74 bits per heavy atom. The normalized spacial score (nSPS) is 19.5. The van der Waals surface area contributed by atoms with E-state index in [1.807, 2.05) is 32.0 Å². The van der Waals surface area contributed by atoms with Crippen LogP contribution in [0.3, 0.4) is 0 Å². The zero-order chi connectivity index (χ0) is 20.1. The third-order valence-electron chi connectivity index (χ3n) is 4.96. The van der Waals surface area contributed by atoms with E-state index in [0.717, 1.165) is 31.9 Å². The van der Waals surface area contributed by atoms with Gasteiger partial charge in [0.1, 0.15) is 22.1 Å². The molecule has 2 heterocycles. The lowest BCUT2D eigenvalue weighted by Gasteiger charge is -2.42. The maximum absolute atomic E-state index is 13.1. The quantitative estimate of drug-likeness (QED) is 0.600. The number of halogens is 1. The monoisotopic (exact) mass is 449 g/mol. The van der Waals surface area contributed by atoms with Crippen LogP contribution in [0.5, 0.6) is 0 Å². The van der Waals surface area contributed by atoms with E-state index in [-0.39, 0.29) is 11.6 Å². The predicted octanol–water partition coefficient (Wildman–Crippen LogP) is 5.25. The Kier molecular flexibility index (Phi) is 5.21. The van der Waals surface area contributed by atoms with Crippen LogP contribution in [-0.4, -0.2) is 27.8 Å². The van der Waals surface area contributed by atoms with Crippen molar-refractivity contribution >= 4 is 38.8 Å². The number of rotatable bonds is 3. The molecule has 0 spiro atoms. The van der Waals surface area contributed by atoms with Crippen molar-refractivity contribution in [3.63, 3.8) is 0 Å². The average Bonchev–Trinajstić information content (AvgIpc) is 2.96. The van der Waals surface area contributed by atoms with Gasteiger partial charge in [0, 0.05) is 14.9 Å². The number of ether oxygens (including phenoxy) is 1. The van der Waals surface area contributed by atoms with E-state index in [2.05, 4.69) is 15.9 Å². The van der Waals surface area contributed by atoms with Crippen molar-refractivity contribution < 1.29 is 14.3 Å². The molecular weight excluding hydrogens is 426 g/mol. The molecule has 1 aromatic carbocycles. The van der Waals surface area contributed by atoms with E-state index in [9.17, 15) is 9.59 Å². The summed E-state index contributed by atoms with van der Waals surface area (Å²) in [7, 11) is 0. The number of thiazole rings is 1. The third kappa shape index (κ3) is 3.55. The molecule has 1 saturated heterocycles. The second kappa shape index (κ2) is 6.90. The largest absolute Gasteiger partial charge is 0.354 e. The molecule has 0 N–H and O–H groups in total. The van der Waals surface area contributed by atoms with Crippen molar-refractivity contribution in [1.82, 2.24) is 4.98 Å². The molecule has 0 aliphatic carbocycles. The van der Waals surface area contributed by atoms with Crippen LogP contribution in [0.25, 0.3) is 10.6 Å². The molecule has 0 unspecified atom stereocenters. The minimum absolute atomic E-state index is 0.217. The summed E-state index contributed by atoms with van der Waals surface area (Å²) >= 11 is 5.04. The molecule has 4 nitrogen and oxygen atoms in total. The van der Waals surface area contributed by atoms with Crippen LogP contribution in [-0.2, 0) is 20.7 Å². The standard InChI is InChI=1S/C21H24BrNO3S/c1-7-14-16(15-17(24)20(3,4)26-21(5,6)18(15)25)23-19(27-14)13-9-8-12(22)10-11(13)2/h8-10,15H,7H2,1-6H3. The number of nitrogens with zero attached hydrogens (tertiary/aromatic N) is 1. The number of aromatic nitrogens is 1. The Morgan fingerprint density at radius 3 is 2.26 bits per heavy atom. The van der Waals surface area contributed by atoms with Gasteiger partial charge in [0.05, 0.1) is 5.69 Å². The number of aryl methyl sites for hydroxylation is 2. The van der Waals surface area contributed by atoms with Crippen molar-refractivity contribution in [1.29, 1.82) is 0 Å². The van der Waals surface area contributed by atoms with Crippen LogP contribution in [0.15, 0.2) is 22.7 Å². The van der Waals surface area contributed by atoms with E-state index in [1.165, 1.54) is 0 Å². The molecule has 144 valence electrons. The summed E-state index contributed by atoms with van der Waals surface area (Å²) in [4.78, 5) is 32.0. The Hall–Kier alpha value is -1.37. The van der Waals surface area contributed by atoms with E-state index in [1.54, 1.807) is 39.0 Å². The number of carbonyl (C=O) groups excluding carboxylic acids is 2. The molecule has 0 amide bonds. The van der Waals surface area contributed by atoms with E-state index < -0.39 is 17.1 Å². The van der Waals surface area contributed by atoms with E-state index >= 15 is 0 Å². The topological polar surface area (TPSA) is 56.3 Å². The van der Waals surface area contributed by atoms with Gasteiger partial charge in [-0.3, -0.25) is 9.59 Å².